The van der Waals surface area contributed by atoms with Crippen molar-refractivity contribution < 1.29 is 19.1 Å². The molecule has 0 rings (SSSR count). The van der Waals surface area contributed by atoms with Crippen LogP contribution in [0.1, 0.15) is 54.9 Å². The van der Waals surface area contributed by atoms with Crippen LogP contribution in [0.25, 0.3) is 0 Å². The van der Waals surface area contributed by atoms with Gasteiger partial charge >= 0.3 is 5.97 Å². The zero-order valence-corrected chi connectivity index (χ0v) is 12.6. The molecule has 0 aromatic carbocycles. The first-order valence-corrected chi connectivity index (χ1v) is 6.35. The van der Waals surface area contributed by atoms with E-state index in [4.69, 9.17) is 9.47 Å². The molecule has 0 N–H and O–H groups in total. The predicted octanol–water partition coefficient (Wildman–Crippen LogP) is 2.74. The Bertz CT molecular complexity index is 294. The molecule has 0 aromatic heterocycles. The van der Waals surface area contributed by atoms with Gasteiger partial charge in [0.15, 0.2) is 18.5 Å². The largest absolute Gasteiger partial charge is 0.456 e. The molecule has 0 saturated carbocycles. The Morgan fingerprint density at radius 1 is 1.06 bits per heavy atom. The standard InChI is InChI=1S/C14H26O4/c1-8-10(18-14(5,6)7)12(16)17-9-11(15)13(2,3)4/h10H,8-9H2,1-7H3. The van der Waals surface area contributed by atoms with Gasteiger partial charge in [-0.1, -0.05) is 27.7 Å². The van der Waals surface area contributed by atoms with E-state index in [9.17, 15) is 9.59 Å². The van der Waals surface area contributed by atoms with E-state index in [0.29, 0.717) is 6.42 Å². The predicted molar refractivity (Wildman–Crippen MR) is 70.3 cm³/mol. The fraction of sp³-hybridized carbons (Fsp3) is 0.857. The highest BCUT2D eigenvalue weighted by Gasteiger charge is 2.27. The maximum absolute atomic E-state index is 11.8. The molecule has 1 atom stereocenters. The van der Waals surface area contributed by atoms with Crippen LogP contribution in [0.15, 0.2) is 0 Å². The lowest BCUT2D eigenvalue weighted by molar-refractivity contribution is -0.169. The summed E-state index contributed by atoms with van der Waals surface area (Å²) in [5.41, 5.74) is -0.902. The number of Topliss-reactive ketones (excluding diaryl/α,β-unsaturated/α-hetero) is 1. The fourth-order valence-corrected chi connectivity index (χ4v) is 1.17. The Labute approximate surface area is 110 Å². The molecule has 0 aliphatic heterocycles. The third kappa shape index (κ3) is 6.74. The second-order valence-electron chi connectivity index (χ2n) is 6.41. The molecule has 0 radical (unpaired) electrons. The van der Waals surface area contributed by atoms with E-state index in [-0.39, 0.29) is 12.4 Å². The van der Waals surface area contributed by atoms with Crippen LogP contribution in [0.3, 0.4) is 0 Å². The molecule has 106 valence electrons. The molecule has 4 nitrogen and oxygen atoms in total. The zero-order valence-electron chi connectivity index (χ0n) is 12.6. The van der Waals surface area contributed by atoms with Gasteiger partial charge in [-0.25, -0.2) is 4.79 Å². The summed E-state index contributed by atoms with van der Waals surface area (Å²) >= 11 is 0. The van der Waals surface area contributed by atoms with Gasteiger partial charge in [0.05, 0.1) is 5.60 Å². The van der Waals surface area contributed by atoms with E-state index in [1.807, 2.05) is 27.7 Å². The Kier molecular flexibility index (Phi) is 6.00. The number of esters is 1. The van der Waals surface area contributed by atoms with Crippen LogP contribution in [0.2, 0.25) is 0 Å². The van der Waals surface area contributed by atoms with E-state index in [0.717, 1.165) is 0 Å². The van der Waals surface area contributed by atoms with Gasteiger partial charge in [0.2, 0.25) is 0 Å². The Hall–Kier alpha value is -0.900. The first-order valence-electron chi connectivity index (χ1n) is 6.35. The molecule has 18 heavy (non-hydrogen) atoms. The Morgan fingerprint density at radius 2 is 1.56 bits per heavy atom. The van der Waals surface area contributed by atoms with E-state index in [2.05, 4.69) is 0 Å². The van der Waals surface area contributed by atoms with Gasteiger partial charge in [0.1, 0.15) is 0 Å². The minimum atomic E-state index is -0.613. The smallest absolute Gasteiger partial charge is 0.335 e. The molecule has 1 unspecified atom stereocenters. The maximum Gasteiger partial charge on any atom is 0.335 e. The summed E-state index contributed by atoms with van der Waals surface area (Å²) in [7, 11) is 0. The molecular formula is C14H26O4. The number of hydrogen-bond acceptors (Lipinski definition) is 4. The molecule has 0 amide bonds. The molecular weight excluding hydrogens is 232 g/mol. The number of ketones is 1. The summed E-state index contributed by atoms with van der Waals surface area (Å²) in [6.07, 6.45) is -0.0856. The Balaban J connectivity index is 4.35. The molecule has 0 saturated heterocycles. The fourth-order valence-electron chi connectivity index (χ4n) is 1.17. The summed E-state index contributed by atoms with van der Waals surface area (Å²) in [4.78, 5) is 23.4. The van der Waals surface area contributed by atoms with Crippen LogP contribution < -0.4 is 0 Å². The first kappa shape index (κ1) is 17.1. The third-order valence-electron chi connectivity index (χ3n) is 2.31. The van der Waals surface area contributed by atoms with Gasteiger partial charge in [-0.2, -0.15) is 0 Å². The van der Waals surface area contributed by atoms with E-state index >= 15 is 0 Å². The highest BCUT2D eigenvalue weighted by atomic mass is 16.6. The van der Waals surface area contributed by atoms with Gasteiger partial charge in [-0.15, -0.1) is 0 Å². The first-order chi connectivity index (χ1) is 7.97. The number of carbonyl (C=O) groups is 2. The van der Waals surface area contributed by atoms with Crippen LogP contribution in [0, 0.1) is 5.41 Å². The van der Waals surface area contributed by atoms with Crippen LogP contribution in [0.4, 0.5) is 0 Å². The van der Waals surface area contributed by atoms with Crippen molar-refractivity contribution in [1.82, 2.24) is 0 Å². The molecule has 0 heterocycles. The van der Waals surface area contributed by atoms with Crippen molar-refractivity contribution in [3.8, 4) is 0 Å². The minimum absolute atomic E-state index is 0.0959. The van der Waals surface area contributed by atoms with E-state index < -0.39 is 23.1 Å². The molecule has 0 fully saturated rings. The van der Waals surface area contributed by atoms with Gasteiger partial charge < -0.3 is 9.47 Å². The highest BCUT2D eigenvalue weighted by Crippen LogP contribution is 2.16. The van der Waals surface area contributed by atoms with Gasteiger partial charge in [0, 0.05) is 5.41 Å². The second-order valence-corrected chi connectivity index (χ2v) is 6.41. The summed E-state index contributed by atoms with van der Waals surface area (Å²) in [6, 6.07) is 0. The quantitative estimate of drug-likeness (QED) is 0.711. The van der Waals surface area contributed by atoms with Gasteiger partial charge in [0.25, 0.3) is 0 Å². The van der Waals surface area contributed by atoms with Crippen molar-refractivity contribution in [1.29, 1.82) is 0 Å². The Morgan fingerprint density at radius 3 is 1.89 bits per heavy atom. The summed E-state index contributed by atoms with van der Waals surface area (Å²) in [5, 5.41) is 0. The number of rotatable bonds is 5. The number of ether oxygens (including phenoxy) is 2. The van der Waals surface area contributed by atoms with Gasteiger partial charge in [-0.3, -0.25) is 4.79 Å². The average Bonchev–Trinajstić information content (AvgIpc) is 2.19. The molecule has 0 aliphatic rings. The summed E-state index contributed by atoms with van der Waals surface area (Å²) in [5.74, 6) is -0.563. The maximum atomic E-state index is 11.8. The molecule has 0 aromatic rings. The SMILES string of the molecule is CCC(OC(C)(C)C)C(=O)OCC(=O)C(C)(C)C. The van der Waals surface area contributed by atoms with Crippen molar-refractivity contribution >= 4 is 11.8 Å². The summed E-state index contributed by atoms with van der Waals surface area (Å²) in [6.45, 7) is 12.7. The van der Waals surface area contributed by atoms with Crippen LogP contribution in [0.5, 0.6) is 0 Å². The normalized spacial score (nSPS) is 14.2. The minimum Gasteiger partial charge on any atom is -0.456 e. The van der Waals surface area contributed by atoms with E-state index in [1.54, 1.807) is 20.8 Å². The van der Waals surface area contributed by atoms with Crippen molar-refractivity contribution in [2.45, 2.75) is 66.6 Å². The van der Waals surface area contributed by atoms with Crippen molar-refractivity contribution in [3.63, 3.8) is 0 Å². The van der Waals surface area contributed by atoms with E-state index in [1.165, 1.54) is 0 Å². The van der Waals surface area contributed by atoms with Crippen molar-refractivity contribution in [3.05, 3.63) is 0 Å². The number of carbonyl (C=O) groups excluding carboxylic acids is 2. The third-order valence-corrected chi connectivity index (χ3v) is 2.31. The second kappa shape index (κ2) is 6.32. The van der Waals surface area contributed by atoms with Gasteiger partial charge in [-0.05, 0) is 27.2 Å². The lowest BCUT2D eigenvalue weighted by Gasteiger charge is -2.25. The van der Waals surface area contributed by atoms with Crippen LogP contribution in [-0.4, -0.2) is 30.1 Å². The van der Waals surface area contributed by atoms with Crippen LogP contribution in [-0.2, 0) is 19.1 Å². The lowest BCUT2D eigenvalue weighted by Crippen LogP contribution is -2.36. The van der Waals surface area contributed by atoms with Crippen LogP contribution >= 0.6 is 0 Å². The average molecular weight is 258 g/mol. The highest BCUT2D eigenvalue weighted by molar-refractivity contribution is 5.87. The zero-order chi connectivity index (χ0) is 14.6. The topological polar surface area (TPSA) is 52.6 Å². The summed E-state index contributed by atoms with van der Waals surface area (Å²) < 4.78 is 10.6. The van der Waals surface area contributed by atoms with Crippen molar-refractivity contribution in [2.75, 3.05) is 6.61 Å². The lowest BCUT2D eigenvalue weighted by atomic mass is 9.91. The monoisotopic (exact) mass is 258 g/mol. The van der Waals surface area contributed by atoms with Crippen molar-refractivity contribution in [2.24, 2.45) is 5.41 Å². The molecule has 0 bridgehead atoms. The molecule has 4 heteroatoms. The molecule has 0 aliphatic carbocycles. The molecule has 0 spiro atoms. The number of hydrogen-bond donors (Lipinski definition) is 0.